The predicted molar refractivity (Wildman–Crippen MR) is 158 cm³/mol. The van der Waals surface area contributed by atoms with E-state index in [2.05, 4.69) is 15.5 Å². The number of carbonyl (C=O) groups is 4. The lowest BCUT2D eigenvalue weighted by Gasteiger charge is -2.28. The van der Waals surface area contributed by atoms with E-state index in [1.54, 1.807) is 6.07 Å². The number of rotatable bonds is 12. The number of esters is 1. The van der Waals surface area contributed by atoms with Crippen molar-refractivity contribution in [1.82, 2.24) is 15.8 Å². The van der Waals surface area contributed by atoms with Crippen molar-refractivity contribution in [3.05, 3.63) is 70.7 Å². The summed E-state index contributed by atoms with van der Waals surface area (Å²) in [6.45, 7) is 0.340. The van der Waals surface area contributed by atoms with Gasteiger partial charge in [-0.2, -0.15) is 0 Å². The standard InChI is InChI=1S/C32H40ClN3O6/c1-41-29(37)16-15-25-17-18-36(31(25)39)35-30(38)27(20-22-9-4-2-5-10-22)34-32(40)42-28(24-12-6-3-7-13-24)21-23-11-8-14-26(33)19-23/h3,6-8,11-14,19,22,25,27-28H,2,4-5,9-10,15-18,20-21H2,1H3,(H,34,40)(H,35,38)/t25-,27-,28?/m0/s1. The Morgan fingerprint density at radius 3 is 2.50 bits per heavy atom. The number of hydrogen-bond donors (Lipinski definition) is 2. The molecule has 0 bridgehead atoms. The number of nitrogens with zero attached hydrogens (tertiary/aromatic N) is 1. The molecule has 2 aromatic rings. The molecule has 2 N–H and O–H groups in total. The number of amides is 3. The third-order valence-corrected chi connectivity index (χ3v) is 8.35. The highest BCUT2D eigenvalue weighted by Gasteiger charge is 2.35. The van der Waals surface area contributed by atoms with Crippen LogP contribution in [0, 0.1) is 11.8 Å². The molecule has 0 spiro atoms. The number of methoxy groups -OCH3 is 1. The van der Waals surface area contributed by atoms with Gasteiger partial charge in [-0.15, -0.1) is 0 Å². The van der Waals surface area contributed by atoms with Crippen molar-refractivity contribution < 1.29 is 28.7 Å². The minimum atomic E-state index is -0.870. The number of halogens is 1. The highest BCUT2D eigenvalue weighted by atomic mass is 35.5. The van der Waals surface area contributed by atoms with Crippen molar-refractivity contribution in [2.75, 3.05) is 13.7 Å². The molecule has 1 saturated heterocycles. The van der Waals surface area contributed by atoms with E-state index in [0.717, 1.165) is 36.8 Å². The van der Waals surface area contributed by atoms with Crippen LogP contribution >= 0.6 is 11.6 Å². The van der Waals surface area contributed by atoms with E-state index in [1.165, 1.54) is 18.5 Å². The highest BCUT2D eigenvalue weighted by Crippen LogP contribution is 2.29. The zero-order valence-electron chi connectivity index (χ0n) is 24.1. The molecule has 3 amide bonds. The summed E-state index contributed by atoms with van der Waals surface area (Å²) in [6, 6.07) is 16.0. The molecule has 1 saturated carbocycles. The molecule has 1 heterocycles. The lowest BCUT2D eigenvalue weighted by atomic mass is 9.84. The Morgan fingerprint density at radius 2 is 1.79 bits per heavy atom. The van der Waals surface area contributed by atoms with Crippen molar-refractivity contribution in [2.24, 2.45) is 11.8 Å². The molecule has 9 nitrogen and oxygen atoms in total. The molecular weight excluding hydrogens is 558 g/mol. The maximum absolute atomic E-state index is 13.5. The van der Waals surface area contributed by atoms with E-state index in [9.17, 15) is 19.2 Å². The zero-order chi connectivity index (χ0) is 29.9. The van der Waals surface area contributed by atoms with Gasteiger partial charge >= 0.3 is 12.1 Å². The lowest BCUT2D eigenvalue weighted by molar-refractivity contribution is -0.143. The first-order valence-corrected chi connectivity index (χ1v) is 15.2. The van der Waals surface area contributed by atoms with Crippen LogP contribution in [0.2, 0.25) is 5.02 Å². The van der Waals surface area contributed by atoms with E-state index in [0.29, 0.717) is 37.3 Å². The quantitative estimate of drug-likeness (QED) is 0.311. The Bertz CT molecular complexity index is 1220. The topological polar surface area (TPSA) is 114 Å². The molecule has 2 aliphatic rings. The lowest BCUT2D eigenvalue weighted by Crippen LogP contribution is -2.54. The van der Waals surface area contributed by atoms with E-state index in [1.807, 2.05) is 48.5 Å². The van der Waals surface area contributed by atoms with Crippen molar-refractivity contribution in [1.29, 1.82) is 0 Å². The summed E-state index contributed by atoms with van der Waals surface area (Å²) < 4.78 is 10.6. The molecule has 1 unspecified atom stereocenters. The van der Waals surface area contributed by atoms with E-state index < -0.39 is 24.1 Å². The van der Waals surface area contributed by atoms with E-state index >= 15 is 0 Å². The minimum Gasteiger partial charge on any atom is -0.469 e. The van der Waals surface area contributed by atoms with Crippen molar-refractivity contribution in [3.63, 3.8) is 0 Å². The SMILES string of the molecule is COC(=O)CC[C@H]1CCN(NC(=O)[C@H](CC2CCCCC2)NC(=O)OC(Cc2cccc(Cl)c2)c2ccccc2)C1=O. The number of benzene rings is 2. The fraction of sp³-hybridized carbons (Fsp3) is 0.500. The Balaban J connectivity index is 1.43. The molecular formula is C32H40ClN3O6. The van der Waals surface area contributed by atoms with Gasteiger partial charge in [-0.05, 0) is 48.4 Å². The van der Waals surface area contributed by atoms with Crippen LogP contribution in [0.4, 0.5) is 4.79 Å². The van der Waals surface area contributed by atoms with Crippen LogP contribution in [0.25, 0.3) is 0 Å². The molecule has 2 aromatic carbocycles. The van der Waals surface area contributed by atoms with Crippen molar-refractivity contribution in [3.8, 4) is 0 Å². The summed E-state index contributed by atoms with van der Waals surface area (Å²) >= 11 is 6.19. The van der Waals surface area contributed by atoms with Gasteiger partial charge in [0.05, 0.1) is 7.11 Å². The Kier molecular flexibility index (Phi) is 11.6. The van der Waals surface area contributed by atoms with Gasteiger partial charge in [-0.1, -0.05) is 86.2 Å². The molecule has 0 radical (unpaired) electrons. The van der Waals surface area contributed by atoms with Crippen LogP contribution in [-0.2, 0) is 30.3 Å². The second-order valence-electron chi connectivity index (χ2n) is 11.1. The smallest absolute Gasteiger partial charge is 0.408 e. The second kappa shape index (κ2) is 15.6. The summed E-state index contributed by atoms with van der Waals surface area (Å²) in [4.78, 5) is 51.2. The van der Waals surface area contributed by atoms with Gasteiger partial charge in [0.2, 0.25) is 5.91 Å². The largest absolute Gasteiger partial charge is 0.469 e. The summed E-state index contributed by atoms with van der Waals surface area (Å²) in [5.41, 5.74) is 4.46. The maximum atomic E-state index is 13.5. The Hall–Kier alpha value is -3.59. The van der Waals surface area contributed by atoms with E-state index in [-0.39, 0.29) is 30.1 Å². The van der Waals surface area contributed by atoms with Crippen LogP contribution in [0.15, 0.2) is 54.6 Å². The van der Waals surface area contributed by atoms with Crippen LogP contribution < -0.4 is 10.7 Å². The van der Waals surface area contributed by atoms with Gasteiger partial charge in [0.25, 0.3) is 5.91 Å². The van der Waals surface area contributed by atoms with Crippen LogP contribution in [-0.4, -0.2) is 48.6 Å². The maximum Gasteiger partial charge on any atom is 0.408 e. The molecule has 1 aliphatic heterocycles. The number of nitrogens with one attached hydrogen (secondary N) is 2. The first kappa shape index (κ1) is 31.3. The first-order valence-electron chi connectivity index (χ1n) is 14.8. The van der Waals surface area contributed by atoms with Gasteiger partial charge in [0, 0.05) is 30.3 Å². The molecule has 226 valence electrons. The fourth-order valence-corrected chi connectivity index (χ4v) is 6.00. The monoisotopic (exact) mass is 597 g/mol. The third-order valence-electron chi connectivity index (χ3n) is 8.12. The number of hydrazine groups is 1. The van der Waals surface area contributed by atoms with Gasteiger partial charge < -0.3 is 14.8 Å². The Morgan fingerprint density at radius 1 is 1.02 bits per heavy atom. The second-order valence-corrected chi connectivity index (χ2v) is 11.6. The molecule has 10 heteroatoms. The predicted octanol–water partition coefficient (Wildman–Crippen LogP) is 5.52. The third kappa shape index (κ3) is 9.21. The van der Waals surface area contributed by atoms with Crippen LogP contribution in [0.1, 0.15) is 75.0 Å². The van der Waals surface area contributed by atoms with Gasteiger partial charge in [-0.3, -0.25) is 24.8 Å². The normalized spacial score (nSPS) is 18.7. The average Bonchev–Trinajstić information content (AvgIpc) is 3.34. The van der Waals surface area contributed by atoms with E-state index in [4.69, 9.17) is 16.3 Å². The molecule has 42 heavy (non-hydrogen) atoms. The number of ether oxygens (including phenoxy) is 2. The average molecular weight is 598 g/mol. The molecule has 2 fully saturated rings. The fourth-order valence-electron chi connectivity index (χ4n) is 5.79. The molecule has 1 aliphatic carbocycles. The van der Waals surface area contributed by atoms with Crippen LogP contribution in [0.5, 0.6) is 0 Å². The van der Waals surface area contributed by atoms with Crippen molar-refractivity contribution in [2.45, 2.75) is 76.4 Å². The Labute approximate surface area is 252 Å². The molecule has 4 rings (SSSR count). The van der Waals surface area contributed by atoms with Crippen LogP contribution in [0.3, 0.4) is 0 Å². The first-order chi connectivity index (χ1) is 20.3. The number of hydrogen-bond acceptors (Lipinski definition) is 6. The molecule has 0 aromatic heterocycles. The van der Waals surface area contributed by atoms with Gasteiger partial charge in [-0.25, -0.2) is 4.79 Å². The molecule has 3 atom stereocenters. The van der Waals surface area contributed by atoms with Gasteiger partial charge in [0.15, 0.2) is 0 Å². The van der Waals surface area contributed by atoms with Crippen molar-refractivity contribution >= 4 is 35.5 Å². The summed E-state index contributed by atoms with van der Waals surface area (Å²) in [5, 5.41) is 4.71. The minimum absolute atomic E-state index is 0.143. The van der Waals surface area contributed by atoms with Gasteiger partial charge in [0.1, 0.15) is 12.1 Å². The summed E-state index contributed by atoms with van der Waals surface area (Å²) in [7, 11) is 1.31. The number of alkyl carbamates (subject to hydrolysis) is 1. The number of carbonyl (C=O) groups excluding carboxylic acids is 4. The summed E-state index contributed by atoms with van der Waals surface area (Å²) in [6.07, 6.45) is 5.92. The highest BCUT2D eigenvalue weighted by molar-refractivity contribution is 6.30. The summed E-state index contributed by atoms with van der Waals surface area (Å²) in [5.74, 6) is -1.14. The zero-order valence-corrected chi connectivity index (χ0v) is 24.8.